The van der Waals surface area contributed by atoms with Crippen LogP contribution in [-0.2, 0) is 42.9 Å². The number of allylic oxidation sites excluding steroid dienone is 2. The zero-order valence-electron chi connectivity index (χ0n) is 25.2. The van der Waals surface area contributed by atoms with Crippen molar-refractivity contribution in [2.45, 2.75) is 85.7 Å². The number of carbonyl (C=O) groups excluding carboxylic acids is 5. The third-order valence-electron chi connectivity index (χ3n) is 11.1. The van der Waals surface area contributed by atoms with Gasteiger partial charge < -0.3 is 24.1 Å². The molecule has 2 aliphatic heterocycles. The Morgan fingerprint density at radius 2 is 1.79 bits per heavy atom. The van der Waals surface area contributed by atoms with E-state index in [0.717, 1.165) is 5.57 Å². The first kappa shape index (κ1) is 30.2. The third kappa shape index (κ3) is 4.28. The van der Waals surface area contributed by atoms with Gasteiger partial charge in [-0.15, -0.1) is 0 Å². The molecule has 3 fully saturated rings. The highest BCUT2D eigenvalue weighted by molar-refractivity contribution is 5.94. The van der Waals surface area contributed by atoms with Crippen LogP contribution in [0, 0.1) is 39.9 Å². The summed E-state index contributed by atoms with van der Waals surface area (Å²) in [5.74, 6) is -4.26. The summed E-state index contributed by atoms with van der Waals surface area (Å²) in [6, 6.07) is 0. The Bertz CT molecular complexity index is 1340. The van der Waals surface area contributed by atoms with Crippen molar-refractivity contribution in [3.8, 4) is 0 Å². The molecule has 9 atom stereocenters. The Hall–Kier alpha value is -3.27. The van der Waals surface area contributed by atoms with Gasteiger partial charge in [0.15, 0.2) is 0 Å². The predicted molar refractivity (Wildman–Crippen MR) is 147 cm³/mol. The van der Waals surface area contributed by atoms with Gasteiger partial charge in [-0.25, -0.2) is 9.59 Å². The van der Waals surface area contributed by atoms with Gasteiger partial charge in [0.05, 0.1) is 19.4 Å². The number of rotatable bonds is 5. The molecule has 2 bridgehead atoms. The highest BCUT2D eigenvalue weighted by Crippen LogP contribution is 2.67. The molecule has 42 heavy (non-hydrogen) atoms. The van der Waals surface area contributed by atoms with Crippen LogP contribution in [0.3, 0.4) is 0 Å². The summed E-state index contributed by atoms with van der Waals surface area (Å²) in [6.45, 7) is 11.1. The molecule has 2 saturated carbocycles. The van der Waals surface area contributed by atoms with Gasteiger partial charge in [-0.1, -0.05) is 45.4 Å². The molecule has 0 amide bonds. The number of methoxy groups -OCH3 is 1. The van der Waals surface area contributed by atoms with Gasteiger partial charge in [-0.05, 0) is 44.4 Å². The first-order valence-corrected chi connectivity index (χ1v) is 14.6. The van der Waals surface area contributed by atoms with Crippen molar-refractivity contribution >= 4 is 29.7 Å². The molecule has 10 heteroatoms. The highest BCUT2D eigenvalue weighted by Gasteiger charge is 2.69. The smallest absolute Gasteiger partial charge is 0.333 e. The molecule has 3 aliphatic carbocycles. The van der Waals surface area contributed by atoms with Gasteiger partial charge in [0.2, 0.25) is 6.29 Å². The number of ketones is 1. The Morgan fingerprint density at radius 1 is 1.10 bits per heavy atom. The Labute approximate surface area is 245 Å². The van der Waals surface area contributed by atoms with Crippen LogP contribution >= 0.6 is 0 Å². The third-order valence-corrected chi connectivity index (χ3v) is 11.1. The molecule has 5 aliphatic rings. The summed E-state index contributed by atoms with van der Waals surface area (Å²) >= 11 is 0. The summed E-state index contributed by atoms with van der Waals surface area (Å²) < 4.78 is 21.9. The quantitative estimate of drug-likeness (QED) is 0.221. The minimum absolute atomic E-state index is 0.0377. The van der Waals surface area contributed by atoms with Gasteiger partial charge in [0, 0.05) is 39.9 Å². The molecule has 1 N–H and O–H groups in total. The van der Waals surface area contributed by atoms with Crippen molar-refractivity contribution in [1.82, 2.24) is 0 Å². The lowest BCUT2D eigenvalue weighted by atomic mass is 9.40. The van der Waals surface area contributed by atoms with Gasteiger partial charge in [0.1, 0.15) is 18.0 Å². The summed E-state index contributed by atoms with van der Waals surface area (Å²) in [5.41, 5.74) is -0.986. The van der Waals surface area contributed by atoms with Crippen LogP contribution in [0.5, 0.6) is 0 Å². The molecule has 5 rings (SSSR count). The molecule has 10 nitrogen and oxygen atoms in total. The predicted octanol–water partition coefficient (Wildman–Crippen LogP) is 3.36. The topological polar surface area (TPSA) is 142 Å². The standard InChI is InChI=1S/C32H40O10/c1-8-15(2)28(37)42-26-17-11-16-19(32(6,25(17)36)21(30(26,3)4)14-22(33)39-7)9-10-31(5)20(16)13-24(35)40-27(31)18-12-23(34)41-29(18)38/h8,11-12,17,19-21,26-27,29,38H,9-10,13-14H2,1-7H3. The van der Waals surface area contributed by atoms with E-state index < -0.39 is 70.5 Å². The van der Waals surface area contributed by atoms with E-state index in [1.807, 2.05) is 33.8 Å². The van der Waals surface area contributed by atoms with Crippen molar-refractivity contribution in [3.63, 3.8) is 0 Å². The lowest BCUT2D eigenvalue weighted by Crippen LogP contribution is -2.67. The normalized spacial score (nSPS) is 40.5. The van der Waals surface area contributed by atoms with E-state index in [1.54, 1.807) is 19.9 Å². The molecule has 0 radical (unpaired) electrons. The van der Waals surface area contributed by atoms with Gasteiger partial charge in [-0.2, -0.15) is 0 Å². The van der Waals surface area contributed by atoms with Crippen molar-refractivity contribution in [3.05, 3.63) is 34.9 Å². The molecular formula is C32H40O10. The van der Waals surface area contributed by atoms with Crippen LogP contribution in [0.15, 0.2) is 34.9 Å². The molecule has 2 heterocycles. The minimum atomic E-state index is -1.51. The number of Topliss-reactive ketones (excluding diaryl/α,β-unsaturated/α-hetero) is 1. The van der Waals surface area contributed by atoms with E-state index in [-0.39, 0.29) is 36.0 Å². The van der Waals surface area contributed by atoms with Crippen molar-refractivity contribution in [2.24, 2.45) is 39.9 Å². The van der Waals surface area contributed by atoms with Crippen molar-refractivity contribution in [1.29, 1.82) is 0 Å². The van der Waals surface area contributed by atoms with Gasteiger partial charge >= 0.3 is 23.9 Å². The van der Waals surface area contributed by atoms with Crippen LogP contribution in [0.25, 0.3) is 0 Å². The van der Waals surface area contributed by atoms with Crippen LogP contribution in [0.1, 0.15) is 67.2 Å². The number of ether oxygens (including phenoxy) is 4. The van der Waals surface area contributed by atoms with E-state index in [1.165, 1.54) is 13.2 Å². The molecule has 0 spiro atoms. The van der Waals surface area contributed by atoms with Crippen LogP contribution in [-0.4, -0.2) is 60.4 Å². The summed E-state index contributed by atoms with van der Waals surface area (Å²) in [5, 5.41) is 10.5. The lowest BCUT2D eigenvalue weighted by Gasteiger charge is -2.64. The number of aliphatic hydroxyl groups excluding tert-OH is 1. The van der Waals surface area contributed by atoms with E-state index >= 15 is 0 Å². The second kappa shape index (κ2) is 10.2. The Balaban J connectivity index is 1.66. The maximum atomic E-state index is 14.4. The van der Waals surface area contributed by atoms with Crippen molar-refractivity contribution in [2.75, 3.05) is 7.11 Å². The van der Waals surface area contributed by atoms with Gasteiger partial charge in [-0.3, -0.25) is 14.4 Å². The summed E-state index contributed by atoms with van der Waals surface area (Å²) in [7, 11) is 1.31. The number of hydrogen-bond acceptors (Lipinski definition) is 10. The molecule has 228 valence electrons. The molecule has 0 aromatic carbocycles. The highest BCUT2D eigenvalue weighted by atomic mass is 16.6. The summed E-state index contributed by atoms with van der Waals surface area (Å²) in [6.07, 6.45) is 2.56. The second-order valence-electron chi connectivity index (χ2n) is 13.4. The average molecular weight is 585 g/mol. The maximum Gasteiger partial charge on any atom is 0.333 e. The Kier molecular flexibility index (Phi) is 7.32. The SMILES string of the molecule is CC=C(C)C(=O)OC1C2C=C3C4CC(=O)OC(C5=CC(=O)OC5O)C4(C)CCC3C(C)(C2=O)C(CC(=O)OC)C1(C)C. The fourth-order valence-corrected chi connectivity index (χ4v) is 8.68. The number of aliphatic hydroxyl groups is 1. The zero-order chi connectivity index (χ0) is 30.9. The first-order chi connectivity index (χ1) is 19.6. The van der Waals surface area contributed by atoms with Crippen LogP contribution in [0.4, 0.5) is 0 Å². The molecule has 0 aromatic heterocycles. The molecular weight excluding hydrogens is 544 g/mol. The number of cyclic esters (lactones) is 2. The number of hydrogen-bond donors (Lipinski definition) is 1. The lowest BCUT2D eigenvalue weighted by molar-refractivity contribution is -0.194. The van der Waals surface area contributed by atoms with Crippen molar-refractivity contribution < 1.29 is 48.0 Å². The molecule has 1 saturated heterocycles. The number of carbonyl (C=O) groups is 5. The fourth-order valence-electron chi connectivity index (χ4n) is 8.68. The van der Waals surface area contributed by atoms with E-state index in [4.69, 9.17) is 18.9 Å². The first-order valence-electron chi connectivity index (χ1n) is 14.6. The number of esters is 4. The molecule has 9 unspecified atom stereocenters. The molecule has 0 aromatic rings. The largest absolute Gasteiger partial charge is 0.469 e. The Morgan fingerprint density at radius 3 is 2.38 bits per heavy atom. The minimum Gasteiger partial charge on any atom is -0.469 e. The van der Waals surface area contributed by atoms with Crippen LogP contribution in [0.2, 0.25) is 0 Å². The van der Waals surface area contributed by atoms with Gasteiger partial charge in [0.25, 0.3) is 0 Å². The van der Waals surface area contributed by atoms with E-state index in [2.05, 4.69) is 0 Å². The fraction of sp³-hybridized carbons (Fsp3) is 0.656. The zero-order valence-corrected chi connectivity index (χ0v) is 25.2. The second-order valence-corrected chi connectivity index (χ2v) is 13.4. The van der Waals surface area contributed by atoms with E-state index in [0.29, 0.717) is 18.4 Å². The van der Waals surface area contributed by atoms with Crippen LogP contribution < -0.4 is 0 Å². The monoisotopic (exact) mass is 584 g/mol. The summed E-state index contributed by atoms with van der Waals surface area (Å²) in [4.78, 5) is 65.3. The van der Waals surface area contributed by atoms with E-state index in [9.17, 15) is 29.1 Å². The maximum absolute atomic E-state index is 14.4. The average Bonchev–Trinajstić information content (AvgIpc) is 3.27. The number of fused-ring (bicyclic) bond motifs is 6.